The molecule has 3 nitrogen and oxygen atoms in total. The van der Waals surface area contributed by atoms with Crippen molar-refractivity contribution < 1.29 is 9.53 Å². The highest BCUT2D eigenvalue weighted by molar-refractivity contribution is 6.30. The molecule has 1 aliphatic rings. The molecule has 1 saturated carbocycles. The lowest BCUT2D eigenvalue weighted by atomic mass is 10.0. The first-order valence-corrected chi connectivity index (χ1v) is 8.24. The third-order valence-corrected chi connectivity index (χ3v) is 4.28. The van der Waals surface area contributed by atoms with E-state index in [1.165, 1.54) is 5.56 Å². The highest BCUT2D eigenvalue weighted by Crippen LogP contribution is 2.41. The minimum absolute atomic E-state index is 0.0106. The Labute approximate surface area is 141 Å². The summed E-state index contributed by atoms with van der Waals surface area (Å²) in [4.78, 5) is 12.2. The summed E-state index contributed by atoms with van der Waals surface area (Å²) in [7, 11) is 0. The van der Waals surface area contributed by atoms with Crippen LogP contribution in [-0.4, -0.2) is 12.5 Å². The van der Waals surface area contributed by atoms with Crippen LogP contribution in [0.25, 0.3) is 0 Å². The lowest BCUT2D eigenvalue weighted by Crippen LogP contribution is -2.33. The Balaban J connectivity index is 1.58. The van der Waals surface area contributed by atoms with Gasteiger partial charge in [0.15, 0.2) is 6.61 Å². The third-order valence-electron chi connectivity index (χ3n) is 4.03. The number of carbonyl (C=O) groups excluding carboxylic acids is 1. The van der Waals surface area contributed by atoms with Crippen LogP contribution in [0.3, 0.4) is 0 Å². The van der Waals surface area contributed by atoms with Gasteiger partial charge >= 0.3 is 0 Å². The molecule has 0 unspecified atom stereocenters. The fourth-order valence-electron chi connectivity index (χ4n) is 2.57. The minimum Gasteiger partial charge on any atom is -0.484 e. The minimum atomic E-state index is -0.0996. The Bertz CT molecular complexity index is 663. The first-order chi connectivity index (χ1) is 11.1. The molecule has 0 aromatic heterocycles. The van der Waals surface area contributed by atoms with Crippen LogP contribution < -0.4 is 10.1 Å². The van der Waals surface area contributed by atoms with Gasteiger partial charge in [0.1, 0.15) is 5.75 Å². The van der Waals surface area contributed by atoms with Gasteiger partial charge in [0.2, 0.25) is 0 Å². The van der Waals surface area contributed by atoms with Gasteiger partial charge in [-0.05, 0) is 55.5 Å². The van der Waals surface area contributed by atoms with Gasteiger partial charge in [-0.3, -0.25) is 4.79 Å². The molecular formula is C19H20ClNO2. The maximum absolute atomic E-state index is 12.2. The van der Waals surface area contributed by atoms with Gasteiger partial charge in [-0.15, -0.1) is 0 Å². The number of aryl methyl sites for hydroxylation is 1. The van der Waals surface area contributed by atoms with Crippen LogP contribution >= 0.6 is 11.6 Å². The quantitative estimate of drug-likeness (QED) is 0.858. The van der Waals surface area contributed by atoms with Gasteiger partial charge in [0.25, 0.3) is 5.91 Å². The molecule has 0 radical (unpaired) electrons. The lowest BCUT2D eigenvalue weighted by Gasteiger charge is -2.19. The molecule has 1 N–H and O–H groups in total. The van der Waals surface area contributed by atoms with Crippen molar-refractivity contribution in [3.63, 3.8) is 0 Å². The molecule has 120 valence electrons. The van der Waals surface area contributed by atoms with E-state index in [0.717, 1.165) is 18.4 Å². The summed E-state index contributed by atoms with van der Waals surface area (Å²) in [5, 5.41) is 3.75. The van der Waals surface area contributed by atoms with Crippen LogP contribution in [0.2, 0.25) is 5.02 Å². The van der Waals surface area contributed by atoms with Crippen LogP contribution in [-0.2, 0) is 4.79 Å². The maximum Gasteiger partial charge on any atom is 0.258 e. The summed E-state index contributed by atoms with van der Waals surface area (Å²) in [6.07, 6.45) is 2.33. The lowest BCUT2D eigenvalue weighted by molar-refractivity contribution is -0.124. The Morgan fingerprint density at radius 2 is 1.83 bits per heavy atom. The van der Waals surface area contributed by atoms with Gasteiger partial charge in [0.05, 0.1) is 6.04 Å². The van der Waals surface area contributed by atoms with Crippen LogP contribution in [0.5, 0.6) is 5.75 Å². The molecule has 1 atom stereocenters. The van der Waals surface area contributed by atoms with E-state index in [2.05, 4.69) is 36.5 Å². The molecular weight excluding hydrogens is 310 g/mol. The van der Waals surface area contributed by atoms with E-state index >= 15 is 0 Å². The second kappa shape index (κ2) is 7.05. The number of nitrogens with one attached hydrogen (secondary N) is 1. The molecule has 0 saturated heterocycles. The van der Waals surface area contributed by atoms with Crippen molar-refractivity contribution in [2.24, 2.45) is 5.92 Å². The van der Waals surface area contributed by atoms with E-state index in [0.29, 0.717) is 16.7 Å². The molecule has 1 amide bonds. The number of hydrogen-bond acceptors (Lipinski definition) is 2. The highest BCUT2D eigenvalue weighted by atomic mass is 35.5. The Morgan fingerprint density at radius 3 is 2.43 bits per heavy atom. The zero-order valence-corrected chi connectivity index (χ0v) is 13.8. The van der Waals surface area contributed by atoms with E-state index < -0.39 is 0 Å². The molecule has 0 bridgehead atoms. The second-order valence-corrected chi connectivity index (χ2v) is 6.47. The highest BCUT2D eigenvalue weighted by Gasteiger charge is 2.33. The molecule has 4 heteroatoms. The van der Waals surface area contributed by atoms with Crippen LogP contribution in [0.15, 0.2) is 48.5 Å². The van der Waals surface area contributed by atoms with Gasteiger partial charge in [-0.2, -0.15) is 0 Å². The molecule has 23 heavy (non-hydrogen) atoms. The Morgan fingerprint density at radius 1 is 1.17 bits per heavy atom. The number of amides is 1. The topological polar surface area (TPSA) is 38.3 Å². The van der Waals surface area contributed by atoms with Crippen molar-refractivity contribution in [1.82, 2.24) is 5.32 Å². The summed E-state index contributed by atoms with van der Waals surface area (Å²) in [5.74, 6) is 1.08. The summed E-state index contributed by atoms with van der Waals surface area (Å²) in [5.41, 5.74) is 2.39. The molecule has 1 aliphatic carbocycles. The van der Waals surface area contributed by atoms with Gasteiger partial charge in [0, 0.05) is 5.02 Å². The van der Waals surface area contributed by atoms with Crippen molar-refractivity contribution in [2.45, 2.75) is 25.8 Å². The van der Waals surface area contributed by atoms with E-state index in [-0.39, 0.29) is 18.6 Å². The van der Waals surface area contributed by atoms with Gasteiger partial charge in [-0.1, -0.05) is 41.4 Å². The van der Waals surface area contributed by atoms with Crippen molar-refractivity contribution >= 4 is 17.5 Å². The predicted molar refractivity (Wildman–Crippen MR) is 91.7 cm³/mol. The van der Waals surface area contributed by atoms with Crippen LogP contribution in [0.4, 0.5) is 0 Å². The van der Waals surface area contributed by atoms with Gasteiger partial charge in [-0.25, -0.2) is 0 Å². The zero-order valence-electron chi connectivity index (χ0n) is 13.1. The summed E-state index contributed by atoms with van der Waals surface area (Å²) < 4.78 is 5.51. The molecule has 0 spiro atoms. The first kappa shape index (κ1) is 15.9. The average molecular weight is 330 g/mol. The Hall–Kier alpha value is -2.00. The molecule has 2 aromatic carbocycles. The summed E-state index contributed by atoms with van der Waals surface area (Å²) in [6, 6.07) is 15.4. The summed E-state index contributed by atoms with van der Waals surface area (Å²) in [6.45, 7) is 2.07. The molecule has 0 aliphatic heterocycles. The molecule has 3 rings (SSSR count). The van der Waals surface area contributed by atoms with Gasteiger partial charge < -0.3 is 10.1 Å². The van der Waals surface area contributed by atoms with Crippen molar-refractivity contribution in [2.75, 3.05) is 6.61 Å². The number of ether oxygens (including phenoxy) is 1. The van der Waals surface area contributed by atoms with Crippen molar-refractivity contribution in [3.8, 4) is 5.75 Å². The van der Waals surface area contributed by atoms with E-state index in [1.54, 1.807) is 24.3 Å². The fourth-order valence-corrected chi connectivity index (χ4v) is 2.70. The monoisotopic (exact) mass is 329 g/mol. The van der Waals surface area contributed by atoms with Crippen molar-refractivity contribution in [1.29, 1.82) is 0 Å². The third kappa shape index (κ3) is 4.49. The van der Waals surface area contributed by atoms with Crippen LogP contribution in [0, 0.1) is 12.8 Å². The Kier molecular flexibility index (Phi) is 4.87. The standard InChI is InChI=1S/C19H20ClNO2/c1-13-2-4-14(5-3-13)19(15-6-7-15)21-18(22)12-23-17-10-8-16(20)9-11-17/h2-5,8-11,15,19H,6-7,12H2,1H3,(H,21,22)/t19-/m0/s1. The SMILES string of the molecule is Cc1ccc([C@H](NC(=O)COc2ccc(Cl)cc2)C2CC2)cc1. The van der Waals surface area contributed by atoms with Crippen LogP contribution in [0.1, 0.15) is 30.0 Å². The molecule has 0 heterocycles. The maximum atomic E-state index is 12.2. The number of halogens is 1. The average Bonchev–Trinajstić information content (AvgIpc) is 3.38. The summed E-state index contributed by atoms with van der Waals surface area (Å²) >= 11 is 5.83. The predicted octanol–water partition coefficient (Wildman–Crippen LogP) is 4.29. The van der Waals surface area contributed by atoms with E-state index in [4.69, 9.17) is 16.3 Å². The van der Waals surface area contributed by atoms with E-state index in [1.807, 2.05) is 0 Å². The normalized spacial score (nSPS) is 15.0. The molecule has 2 aromatic rings. The number of carbonyl (C=O) groups is 1. The number of rotatable bonds is 6. The molecule has 1 fully saturated rings. The first-order valence-electron chi connectivity index (χ1n) is 7.86. The fraction of sp³-hybridized carbons (Fsp3) is 0.316. The van der Waals surface area contributed by atoms with Crippen molar-refractivity contribution in [3.05, 3.63) is 64.7 Å². The van der Waals surface area contributed by atoms with E-state index in [9.17, 15) is 4.79 Å². The smallest absolute Gasteiger partial charge is 0.258 e. The number of hydrogen-bond donors (Lipinski definition) is 1. The number of benzene rings is 2. The largest absolute Gasteiger partial charge is 0.484 e. The second-order valence-electron chi connectivity index (χ2n) is 6.04. The zero-order chi connectivity index (χ0) is 16.2.